The Kier molecular flexibility index (Phi) is 5.95. The molecule has 1 aromatic carbocycles. The van der Waals surface area contributed by atoms with E-state index >= 15 is 0 Å². The van der Waals surface area contributed by atoms with E-state index in [0.29, 0.717) is 0 Å². The number of rotatable bonds is 5. The van der Waals surface area contributed by atoms with Crippen LogP contribution in [0.4, 0.5) is 0 Å². The predicted octanol–water partition coefficient (Wildman–Crippen LogP) is 1.64. The Balaban J connectivity index is 1.92. The molecule has 1 aliphatic rings. The maximum Gasteiger partial charge on any atom is 0.222 e. The van der Waals surface area contributed by atoms with Crippen LogP contribution in [0.5, 0.6) is 0 Å². The van der Waals surface area contributed by atoms with Crippen LogP contribution in [0.3, 0.4) is 0 Å². The fourth-order valence-corrected chi connectivity index (χ4v) is 2.92. The summed E-state index contributed by atoms with van der Waals surface area (Å²) in [5.74, 6) is -0.159. The molecule has 1 saturated carbocycles. The fraction of sp³-hybridized carbons (Fsp3) is 0.529. The summed E-state index contributed by atoms with van der Waals surface area (Å²) >= 11 is 0. The minimum Gasteiger partial charge on any atom is -0.353 e. The summed E-state index contributed by atoms with van der Waals surface area (Å²) in [6.07, 6.45) is 4.04. The molecule has 120 valence electrons. The lowest BCUT2D eigenvalue weighted by atomic mass is 9.91. The first kappa shape index (κ1) is 16.5. The van der Waals surface area contributed by atoms with Gasteiger partial charge >= 0.3 is 0 Å². The lowest BCUT2D eigenvalue weighted by Crippen LogP contribution is -2.42. The molecule has 2 rings (SSSR count). The molecule has 5 nitrogen and oxygen atoms in total. The van der Waals surface area contributed by atoms with Gasteiger partial charge in [0.15, 0.2) is 0 Å². The zero-order valence-corrected chi connectivity index (χ0v) is 13.0. The number of hydrogen-bond donors (Lipinski definition) is 3. The molecule has 0 aliphatic heterocycles. The van der Waals surface area contributed by atoms with Crippen LogP contribution in [0.15, 0.2) is 30.3 Å². The molecule has 1 unspecified atom stereocenters. The number of benzene rings is 1. The molecule has 0 saturated heterocycles. The van der Waals surface area contributed by atoms with E-state index in [2.05, 4.69) is 10.6 Å². The van der Waals surface area contributed by atoms with Crippen molar-refractivity contribution in [2.24, 2.45) is 5.73 Å². The van der Waals surface area contributed by atoms with E-state index in [9.17, 15) is 9.59 Å². The Morgan fingerprint density at radius 3 is 2.41 bits per heavy atom. The van der Waals surface area contributed by atoms with Crippen LogP contribution in [0.25, 0.3) is 0 Å². The SMILES string of the molecule is CC(=O)NC(CC(=O)NC1CCC(N)CC1)c1ccccc1. The Bertz CT molecular complexity index is 496. The van der Waals surface area contributed by atoms with Crippen molar-refractivity contribution in [3.05, 3.63) is 35.9 Å². The quantitative estimate of drug-likeness (QED) is 0.773. The summed E-state index contributed by atoms with van der Waals surface area (Å²) in [6.45, 7) is 1.47. The summed E-state index contributed by atoms with van der Waals surface area (Å²) in [5, 5.41) is 5.92. The van der Waals surface area contributed by atoms with Crippen molar-refractivity contribution in [3.8, 4) is 0 Å². The molecule has 0 radical (unpaired) electrons. The van der Waals surface area contributed by atoms with E-state index in [1.165, 1.54) is 6.92 Å². The highest BCUT2D eigenvalue weighted by Gasteiger charge is 2.22. The first-order chi connectivity index (χ1) is 10.5. The molecule has 5 heteroatoms. The lowest BCUT2D eigenvalue weighted by molar-refractivity contribution is -0.123. The number of nitrogens with one attached hydrogen (secondary N) is 2. The van der Waals surface area contributed by atoms with Crippen molar-refractivity contribution in [1.29, 1.82) is 0 Å². The second-order valence-electron chi connectivity index (χ2n) is 6.05. The number of nitrogens with two attached hydrogens (primary N) is 1. The van der Waals surface area contributed by atoms with E-state index in [1.54, 1.807) is 0 Å². The average molecular weight is 303 g/mol. The maximum absolute atomic E-state index is 12.3. The van der Waals surface area contributed by atoms with Gasteiger partial charge in [-0.25, -0.2) is 0 Å². The lowest BCUT2D eigenvalue weighted by Gasteiger charge is -2.27. The van der Waals surface area contributed by atoms with Gasteiger partial charge in [0, 0.05) is 19.0 Å². The highest BCUT2D eigenvalue weighted by Crippen LogP contribution is 2.19. The molecule has 1 fully saturated rings. The fourth-order valence-electron chi connectivity index (χ4n) is 2.92. The summed E-state index contributed by atoms with van der Waals surface area (Å²) in [7, 11) is 0. The predicted molar refractivity (Wildman–Crippen MR) is 86.0 cm³/mol. The number of amides is 2. The summed E-state index contributed by atoms with van der Waals surface area (Å²) in [5.41, 5.74) is 6.82. The molecule has 1 aliphatic carbocycles. The first-order valence-electron chi connectivity index (χ1n) is 7.91. The van der Waals surface area contributed by atoms with Crippen molar-refractivity contribution in [1.82, 2.24) is 10.6 Å². The topological polar surface area (TPSA) is 84.2 Å². The van der Waals surface area contributed by atoms with Crippen LogP contribution in [0, 0.1) is 0 Å². The molecule has 0 bridgehead atoms. The molecule has 1 aromatic rings. The van der Waals surface area contributed by atoms with Crippen LogP contribution in [-0.4, -0.2) is 23.9 Å². The Morgan fingerprint density at radius 1 is 1.18 bits per heavy atom. The normalized spacial score (nSPS) is 22.6. The van der Waals surface area contributed by atoms with Gasteiger partial charge in [-0.3, -0.25) is 9.59 Å². The molecule has 22 heavy (non-hydrogen) atoms. The smallest absolute Gasteiger partial charge is 0.222 e. The average Bonchev–Trinajstić information content (AvgIpc) is 2.49. The van der Waals surface area contributed by atoms with Gasteiger partial charge in [0.2, 0.25) is 11.8 Å². The molecule has 1 atom stereocenters. The zero-order valence-electron chi connectivity index (χ0n) is 13.0. The van der Waals surface area contributed by atoms with Crippen molar-refractivity contribution in [2.75, 3.05) is 0 Å². The monoisotopic (exact) mass is 303 g/mol. The second kappa shape index (κ2) is 7.94. The largest absolute Gasteiger partial charge is 0.353 e. The standard InChI is InChI=1S/C17H25N3O2/c1-12(21)19-16(13-5-3-2-4-6-13)11-17(22)20-15-9-7-14(18)8-10-15/h2-6,14-16H,7-11,18H2,1H3,(H,19,21)(H,20,22). The number of carbonyl (C=O) groups is 2. The van der Waals surface area contributed by atoms with Gasteiger partial charge in [0.1, 0.15) is 0 Å². The van der Waals surface area contributed by atoms with Gasteiger partial charge < -0.3 is 16.4 Å². The second-order valence-corrected chi connectivity index (χ2v) is 6.05. The highest BCUT2D eigenvalue weighted by atomic mass is 16.2. The minimum absolute atomic E-state index is 0.0249. The summed E-state index contributed by atoms with van der Waals surface area (Å²) in [6, 6.07) is 9.77. The van der Waals surface area contributed by atoms with Crippen LogP contribution < -0.4 is 16.4 Å². The third-order valence-electron chi connectivity index (χ3n) is 4.11. The molecule has 0 heterocycles. The van der Waals surface area contributed by atoms with Gasteiger partial charge in [0.25, 0.3) is 0 Å². The van der Waals surface area contributed by atoms with E-state index < -0.39 is 0 Å². The van der Waals surface area contributed by atoms with Gasteiger partial charge in [-0.2, -0.15) is 0 Å². The minimum atomic E-state index is -0.287. The van der Waals surface area contributed by atoms with E-state index in [-0.39, 0.29) is 36.4 Å². The van der Waals surface area contributed by atoms with Crippen LogP contribution in [0.1, 0.15) is 50.6 Å². The third kappa shape index (κ3) is 5.15. The maximum atomic E-state index is 12.3. The molecule has 0 aromatic heterocycles. The van der Waals surface area contributed by atoms with Crippen LogP contribution >= 0.6 is 0 Å². The van der Waals surface area contributed by atoms with Crippen molar-refractivity contribution < 1.29 is 9.59 Å². The highest BCUT2D eigenvalue weighted by molar-refractivity contribution is 5.79. The third-order valence-corrected chi connectivity index (χ3v) is 4.11. The van der Waals surface area contributed by atoms with Gasteiger partial charge in [0.05, 0.1) is 12.5 Å². The Labute approximate surface area is 131 Å². The molecule has 4 N–H and O–H groups in total. The van der Waals surface area contributed by atoms with Gasteiger partial charge in [-0.05, 0) is 31.2 Å². The van der Waals surface area contributed by atoms with Gasteiger partial charge in [-0.15, -0.1) is 0 Å². The molecular formula is C17H25N3O2. The van der Waals surface area contributed by atoms with Crippen LogP contribution in [0.2, 0.25) is 0 Å². The van der Waals surface area contributed by atoms with Crippen molar-refractivity contribution >= 4 is 11.8 Å². The molecule has 0 spiro atoms. The molecular weight excluding hydrogens is 278 g/mol. The van der Waals surface area contributed by atoms with E-state index in [4.69, 9.17) is 5.73 Å². The number of hydrogen-bond acceptors (Lipinski definition) is 3. The van der Waals surface area contributed by atoms with E-state index in [0.717, 1.165) is 31.2 Å². The van der Waals surface area contributed by atoms with Crippen molar-refractivity contribution in [2.45, 2.75) is 57.2 Å². The van der Waals surface area contributed by atoms with E-state index in [1.807, 2.05) is 30.3 Å². The summed E-state index contributed by atoms with van der Waals surface area (Å²) < 4.78 is 0. The molecule has 2 amide bonds. The Morgan fingerprint density at radius 2 is 1.82 bits per heavy atom. The Hall–Kier alpha value is -1.88. The summed E-state index contributed by atoms with van der Waals surface area (Å²) in [4.78, 5) is 23.6. The number of carbonyl (C=O) groups excluding carboxylic acids is 2. The first-order valence-corrected chi connectivity index (χ1v) is 7.91. The van der Waals surface area contributed by atoms with Gasteiger partial charge in [-0.1, -0.05) is 30.3 Å². The van der Waals surface area contributed by atoms with Crippen LogP contribution in [-0.2, 0) is 9.59 Å². The van der Waals surface area contributed by atoms with Crippen molar-refractivity contribution in [3.63, 3.8) is 0 Å². The zero-order chi connectivity index (χ0) is 15.9.